The summed E-state index contributed by atoms with van der Waals surface area (Å²) in [5.41, 5.74) is 5.55. The smallest absolute Gasteiger partial charge is 0.216 e. The minimum absolute atomic E-state index is 0.0968. The number of guanidine groups is 1. The number of nitrogens with zero attached hydrogens (tertiary/aromatic N) is 3. The first kappa shape index (κ1) is 10.3. The number of hydrogen-bond acceptors (Lipinski definition) is 5. The zero-order valence-electron chi connectivity index (χ0n) is 9.05. The number of ketones is 1. The average molecular weight is 208 g/mol. The molecule has 2 unspecified atom stereocenters. The fourth-order valence-electron chi connectivity index (χ4n) is 2.07. The van der Waals surface area contributed by atoms with E-state index in [-0.39, 0.29) is 23.8 Å². The number of Topliss-reactive ketones (excluding diaryl/α,β-unsaturated/α-hetero) is 1. The van der Waals surface area contributed by atoms with Crippen molar-refractivity contribution in [2.24, 2.45) is 27.6 Å². The van der Waals surface area contributed by atoms with E-state index in [1.807, 2.05) is 0 Å². The van der Waals surface area contributed by atoms with E-state index < -0.39 is 0 Å². The van der Waals surface area contributed by atoms with Gasteiger partial charge in [-0.2, -0.15) is 0 Å². The molecule has 82 valence electrons. The highest BCUT2D eigenvalue weighted by Crippen LogP contribution is 2.24. The molecule has 0 radical (unpaired) electrons. The zero-order chi connectivity index (χ0) is 11.0. The molecule has 2 aliphatic heterocycles. The first-order valence-corrected chi connectivity index (χ1v) is 5.20. The van der Waals surface area contributed by atoms with Gasteiger partial charge in [-0.05, 0) is 12.8 Å². The van der Waals surface area contributed by atoms with Crippen LogP contribution < -0.4 is 5.73 Å². The highest BCUT2D eigenvalue weighted by Gasteiger charge is 2.37. The predicted octanol–water partition coefficient (Wildman–Crippen LogP) is -0.131. The third kappa shape index (κ3) is 1.92. The quantitative estimate of drug-likeness (QED) is 0.687. The Kier molecular flexibility index (Phi) is 2.56. The molecule has 5 nitrogen and oxygen atoms in total. The van der Waals surface area contributed by atoms with Gasteiger partial charge in [-0.25, -0.2) is 9.98 Å². The molecule has 1 fully saturated rings. The molecule has 2 N–H and O–H groups in total. The van der Waals surface area contributed by atoms with Crippen molar-refractivity contribution in [2.45, 2.75) is 20.0 Å². The van der Waals surface area contributed by atoms with Gasteiger partial charge < -0.3 is 5.73 Å². The Morgan fingerprint density at radius 3 is 2.80 bits per heavy atom. The molecular weight excluding hydrogens is 192 g/mol. The van der Waals surface area contributed by atoms with E-state index in [9.17, 15) is 4.79 Å². The first-order valence-electron chi connectivity index (χ1n) is 5.20. The Hall–Kier alpha value is -1.23. The molecule has 2 heterocycles. The second-order valence-electron chi connectivity index (χ2n) is 4.37. The summed E-state index contributed by atoms with van der Waals surface area (Å²) in [5, 5.41) is 0. The molecule has 0 aromatic carbocycles. The molecular formula is C10H16N4O. The summed E-state index contributed by atoms with van der Waals surface area (Å²) in [6, 6.07) is 0. The molecule has 0 spiro atoms. The van der Waals surface area contributed by atoms with E-state index in [4.69, 9.17) is 5.73 Å². The van der Waals surface area contributed by atoms with Gasteiger partial charge in [0, 0.05) is 19.3 Å². The Labute approximate surface area is 89.1 Å². The monoisotopic (exact) mass is 208 g/mol. The van der Waals surface area contributed by atoms with Crippen molar-refractivity contribution in [1.82, 2.24) is 4.90 Å². The van der Waals surface area contributed by atoms with Crippen LogP contribution in [0.4, 0.5) is 0 Å². The van der Waals surface area contributed by atoms with Crippen LogP contribution in [0.3, 0.4) is 0 Å². The Morgan fingerprint density at radius 2 is 2.27 bits per heavy atom. The third-order valence-corrected chi connectivity index (χ3v) is 2.89. The second kappa shape index (κ2) is 3.73. The number of nitrogens with two attached hydrogens (primary N) is 1. The van der Waals surface area contributed by atoms with Crippen molar-refractivity contribution in [3.05, 3.63) is 0 Å². The molecule has 0 bridgehead atoms. The predicted molar refractivity (Wildman–Crippen MR) is 58.8 cm³/mol. The van der Waals surface area contributed by atoms with Crippen LogP contribution in [-0.2, 0) is 4.79 Å². The fraction of sp³-hybridized carbons (Fsp3) is 0.700. The van der Waals surface area contributed by atoms with E-state index in [1.165, 1.54) is 0 Å². The number of hydrogen-bond donors (Lipinski definition) is 1. The number of carbonyl (C=O) groups is 1. The van der Waals surface area contributed by atoms with Gasteiger partial charge in [0.05, 0.1) is 5.92 Å². The summed E-state index contributed by atoms with van der Waals surface area (Å²) in [7, 11) is 0. The van der Waals surface area contributed by atoms with Crippen LogP contribution >= 0.6 is 0 Å². The van der Waals surface area contributed by atoms with Crippen LogP contribution in [-0.4, -0.2) is 42.1 Å². The highest BCUT2D eigenvalue weighted by atomic mass is 16.1. The van der Waals surface area contributed by atoms with Crippen molar-refractivity contribution >= 4 is 18.0 Å². The molecule has 5 heteroatoms. The topological polar surface area (TPSA) is 71.0 Å². The van der Waals surface area contributed by atoms with Crippen molar-refractivity contribution in [3.63, 3.8) is 0 Å². The van der Waals surface area contributed by atoms with Gasteiger partial charge in [-0.1, -0.05) is 6.92 Å². The van der Waals surface area contributed by atoms with Gasteiger partial charge in [-0.15, -0.1) is 0 Å². The third-order valence-electron chi connectivity index (χ3n) is 2.89. The minimum Gasteiger partial charge on any atom is -0.368 e. The molecule has 0 aliphatic carbocycles. The van der Waals surface area contributed by atoms with Crippen molar-refractivity contribution < 1.29 is 4.79 Å². The van der Waals surface area contributed by atoms with Crippen molar-refractivity contribution in [3.8, 4) is 0 Å². The maximum absolute atomic E-state index is 11.4. The van der Waals surface area contributed by atoms with Crippen molar-refractivity contribution in [2.75, 3.05) is 13.1 Å². The van der Waals surface area contributed by atoms with E-state index in [0.29, 0.717) is 5.92 Å². The molecule has 2 aliphatic rings. The van der Waals surface area contributed by atoms with Gasteiger partial charge in [0.1, 0.15) is 11.9 Å². The molecule has 15 heavy (non-hydrogen) atoms. The van der Waals surface area contributed by atoms with Crippen molar-refractivity contribution in [1.29, 1.82) is 0 Å². The number of carbonyl (C=O) groups excluding carboxylic acids is 1. The SMILES string of the molecule is CC(=O)C1C=NC(N)=NC1N1CC(C)C1. The van der Waals surface area contributed by atoms with E-state index in [0.717, 1.165) is 13.1 Å². The van der Waals surface area contributed by atoms with Gasteiger partial charge in [0.2, 0.25) is 5.96 Å². The lowest BCUT2D eigenvalue weighted by molar-refractivity contribution is -0.121. The standard InChI is InChI=1S/C10H16N4O/c1-6-4-14(5-6)9-8(7(2)15)3-12-10(11)13-9/h3,6,8-9H,4-5H2,1-2H3,(H2,11,13). The molecule has 0 saturated carbocycles. The summed E-state index contributed by atoms with van der Waals surface area (Å²) in [5.74, 6) is 0.828. The first-order chi connectivity index (χ1) is 7.08. The zero-order valence-corrected chi connectivity index (χ0v) is 9.05. The van der Waals surface area contributed by atoms with Gasteiger partial charge in [0.25, 0.3) is 0 Å². The summed E-state index contributed by atoms with van der Waals surface area (Å²) >= 11 is 0. The molecule has 0 aromatic rings. The second-order valence-corrected chi connectivity index (χ2v) is 4.37. The highest BCUT2D eigenvalue weighted by molar-refractivity contribution is 6.00. The van der Waals surface area contributed by atoms with Crippen LogP contribution in [0.15, 0.2) is 9.98 Å². The van der Waals surface area contributed by atoms with Crippen LogP contribution in [0.2, 0.25) is 0 Å². The summed E-state index contributed by atoms with van der Waals surface area (Å²) in [6.07, 6.45) is 1.49. The molecule has 2 atom stereocenters. The van der Waals surface area contributed by atoms with Crippen LogP contribution in [0.25, 0.3) is 0 Å². The van der Waals surface area contributed by atoms with E-state index in [2.05, 4.69) is 21.8 Å². The lowest BCUT2D eigenvalue weighted by Crippen LogP contribution is -2.55. The lowest BCUT2D eigenvalue weighted by atomic mass is 9.95. The van der Waals surface area contributed by atoms with Gasteiger partial charge in [0.15, 0.2) is 0 Å². The van der Waals surface area contributed by atoms with Crippen LogP contribution in [0, 0.1) is 11.8 Å². The average Bonchev–Trinajstić information content (AvgIpc) is 2.12. The molecule has 0 amide bonds. The fourth-order valence-corrected chi connectivity index (χ4v) is 2.07. The summed E-state index contributed by atoms with van der Waals surface area (Å²) in [4.78, 5) is 21.7. The van der Waals surface area contributed by atoms with E-state index >= 15 is 0 Å². The summed E-state index contributed by atoms with van der Waals surface area (Å²) in [6.45, 7) is 5.73. The van der Waals surface area contributed by atoms with Gasteiger partial charge >= 0.3 is 0 Å². The number of aliphatic imine (C=N–C) groups is 2. The van der Waals surface area contributed by atoms with Crippen LogP contribution in [0.1, 0.15) is 13.8 Å². The molecule has 1 saturated heterocycles. The Bertz CT molecular complexity index is 330. The maximum Gasteiger partial charge on any atom is 0.216 e. The van der Waals surface area contributed by atoms with Gasteiger partial charge in [-0.3, -0.25) is 9.69 Å². The molecule has 0 aromatic heterocycles. The maximum atomic E-state index is 11.4. The number of likely N-dealkylation sites (tertiary alicyclic amines) is 1. The lowest BCUT2D eigenvalue weighted by Gasteiger charge is -2.43. The minimum atomic E-state index is -0.232. The van der Waals surface area contributed by atoms with E-state index in [1.54, 1.807) is 13.1 Å². The number of rotatable bonds is 2. The summed E-state index contributed by atoms with van der Waals surface area (Å²) < 4.78 is 0. The normalized spacial score (nSPS) is 32.3. The Morgan fingerprint density at radius 1 is 1.60 bits per heavy atom. The van der Waals surface area contributed by atoms with Crippen LogP contribution in [0.5, 0.6) is 0 Å². The molecule has 2 rings (SSSR count). The Balaban J connectivity index is 2.12. The largest absolute Gasteiger partial charge is 0.368 e.